The molecule has 1 aromatic carbocycles. The number of hydrogen-bond acceptors (Lipinski definition) is 5. The monoisotopic (exact) mass is 219 g/mol. The summed E-state index contributed by atoms with van der Waals surface area (Å²) in [4.78, 5) is 12.7. The quantitative estimate of drug-likeness (QED) is 0.754. The number of carbonyl (C=O) groups excluding carboxylic acids is 1. The Bertz CT molecular complexity index is 508. The number of esters is 1. The molecule has 1 N–H and O–H groups in total. The molecule has 6 nitrogen and oxygen atoms in total. The highest BCUT2D eigenvalue weighted by Crippen LogP contribution is 2.23. The van der Waals surface area contributed by atoms with Gasteiger partial charge in [-0.25, -0.2) is 4.79 Å². The standard InChI is InChI=1S/C10H9N3O3/c1-16-10(15)9-7(3-2-4-8(9)14)13-11-5-6-12-13/h2-6,14H,1H3. The summed E-state index contributed by atoms with van der Waals surface area (Å²) in [5.74, 6) is -0.799. The molecule has 0 saturated carbocycles. The molecule has 0 radical (unpaired) electrons. The van der Waals surface area contributed by atoms with Gasteiger partial charge in [-0.3, -0.25) is 0 Å². The molecule has 82 valence electrons. The molecule has 0 saturated heterocycles. The second-order valence-corrected chi connectivity index (χ2v) is 2.98. The maximum absolute atomic E-state index is 11.5. The Morgan fingerprint density at radius 3 is 2.69 bits per heavy atom. The fraction of sp³-hybridized carbons (Fsp3) is 0.100. The van der Waals surface area contributed by atoms with Gasteiger partial charge in [0.2, 0.25) is 0 Å². The number of phenolic OH excluding ortho intramolecular Hbond substituents is 1. The van der Waals surface area contributed by atoms with Crippen LogP contribution in [0.4, 0.5) is 0 Å². The molecule has 0 bridgehead atoms. The average Bonchev–Trinajstić information content (AvgIpc) is 2.81. The van der Waals surface area contributed by atoms with Crippen molar-refractivity contribution in [1.29, 1.82) is 0 Å². The fourth-order valence-corrected chi connectivity index (χ4v) is 1.35. The molecule has 1 heterocycles. The number of aromatic nitrogens is 3. The Morgan fingerprint density at radius 1 is 1.38 bits per heavy atom. The van der Waals surface area contributed by atoms with E-state index in [1.807, 2.05) is 0 Å². The van der Waals surface area contributed by atoms with Crippen LogP contribution in [0, 0.1) is 0 Å². The smallest absolute Gasteiger partial charge is 0.343 e. The van der Waals surface area contributed by atoms with Gasteiger partial charge in [-0.05, 0) is 12.1 Å². The molecule has 1 aromatic heterocycles. The summed E-state index contributed by atoms with van der Waals surface area (Å²) in [6.45, 7) is 0. The van der Waals surface area contributed by atoms with Crippen molar-refractivity contribution < 1.29 is 14.6 Å². The minimum Gasteiger partial charge on any atom is -0.507 e. The van der Waals surface area contributed by atoms with Crippen LogP contribution in [-0.4, -0.2) is 33.2 Å². The van der Waals surface area contributed by atoms with Crippen molar-refractivity contribution in [1.82, 2.24) is 15.0 Å². The molecule has 0 aliphatic heterocycles. The van der Waals surface area contributed by atoms with Gasteiger partial charge in [-0.2, -0.15) is 15.0 Å². The van der Waals surface area contributed by atoms with Crippen molar-refractivity contribution in [2.24, 2.45) is 0 Å². The van der Waals surface area contributed by atoms with Crippen LogP contribution >= 0.6 is 0 Å². The topological polar surface area (TPSA) is 77.2 Å². The number of carbonyl (C=O) groups is 1. The third-order valence-corrected chi connectivity index (χ3v) is 2.04. The van der Waals surface area contributed by atoms with Gasteiger partial charge in [0, 0.05) is 0 Å². The van der Waals surface area contributed by atoms with Crippen LogP contribution in [0.1, 0.15) is 10.4 Å². The number of aromatic hydroxyl groups is 1. The van der Waals surface area contributed by atoms with E-state index in [4.69, 9.17) is 0 Å². The number of nitrogens with zero attached hydrogens (tertiary/aromatic N) is 3. The first-order chi connectivity index (χ1) is 7.74. The zero-order valence-electron chi connectivity index (χ0n) is 8.49. The maximum Gasteiger partial charge on any atom is 0.343 e. The molecule has 0 spiro atoms. The van der Waals surface area contributed by atoms with Gasteiger partial charge in [-0.1, -0.05) is 6.07 Å². The van der Waals surface area contributed by atoms with E-state index in [0.29, 0.717) is 5.69 Å². The Morgan fingerprint density at radius 2 is 2.06 bits per heavy atom. The average molecular weight is 219 g/mol. The number of rotatable bonds is 2. The van der Waals surface area contributed by atoms with Crippen LogP contribution in [0.15, 0.2) is 30.6 Å². The molecule has 16 heavy (non-hydrogen) atoms. The molecular weight excluding hydrogens is 210 g/mol. The molecule has 0 fully saturated rings. The molecule has 0 aliphatic rings. The predicted octanol–water partition coefficient (Wildman–Crippen LogP) is 0.759. The summed E-state index contributed by atoms with van der Waals surface area (Å²) in [5.41, 5.74) is 0.415. The van der Waals surface area contributed by atoms with Crippen molar-refractivity contribution in [2.75, 3.05) is 7.11 Å². The minimum absolute atomic E-state index is 0.0428. The van der Waals surface area contributed by atoms with Crippen molar-refractivity contribution in [3.05, 3.63) is 36.2 Å². The third kappa shape index (κ3) is 1.60. The number of benzene rings is 1. The van der Waals surface area contributed by atoms with Crippen LogP contribution in [-0.2, 0) is 4.74 Å². The van der Waals surface area contributed by atoms with E-state index in [1.54, 1.807) is 12.1 Å². The van der Waals surface area contributed by atoms with E-state index in [2.05, 4.69) is 14.9 Å². The number of methoxy groups -OCH3 is 1. The van der Waals surface area contributed by atoms with E-state index < -0.39 is 5.97 Å². The summed E-state index contributed by atoms with van der Waals surface area (Å²) in [6.07, 6.45) is 2.95. The first-order valence-electron chi connectivity index (χ1n) is 4.51. The molecule has 6 heteroatoms. The molecule has 2 aromatic rings. The predicted molar refractivity (Wildman–Crippen MR) is 54.4 cm³/mol. The number of phenols is 1. The van der Waals surface area contributed by atoms with Gasteiger partial charge in [-0.15, -0.1) is 0 Å². The minimum atomic E-state index is -0.634. The van der Waals surface area contributed by atoms with Crippen LogP contribution in [0.5, 0.6) is 5.75 Å². The van der Waals surface area contributed by atoms with Crippen LogP contribution in [0.3, 0.4) is 0 Å². The maximum atomic E-state index is 11.5. The SMILES string of the molecule is COC(=O)c1c(O)cccc1-n1nccn1. The lowest BCUT2D eigenvalue weighted by Gasteiger charge is -2.07. The fourth-order valence-electron chi connectivity index (χ4n) is 1.35. The zero-order valence-corrected chi connectivity index (χ0v) is 8.49. The number of ether oxygens (including phenoxy) is 1. The van der Waals surface area contributed by atoms with E-state index in [9.17, 15) is 9.90 Å². The highest BCUT2D eigenvalue weighted by atomic mass is 16.5. The Hall–Kier alpha value is -2.37. The summed E-state index contributed by atoms with van der Waals surface area (Å²) in [5, 5.41) is 17.4. The van der Waals surface area contributed by atoms with Crippen molar-refractivity contribution in [2.45, 2.75) is 0 Å². The summed E-state index contributed by atoms with van der Waals surface area (Å²) < 4.78 is 4.59. The van der Waals surface area contributed by atoms with Gasteiger partial charge in [0.15, 0.2) is 0 Å². The van der Waals surface area contributed by atoms with E-state index in [0.717, 1.165) is 0 Å². The summed E-state index contributed by atoms with van der Waals surface area (Å²) in [7, 11) is 1.25. The normalized spacial score (nSPS) is 10.1. The van der Waals surface area contributed by atoms with E-state index >= 15 is 0 Å². The molecule has 0 unspecified atom stereocenters. The molecule has 0 atom stereocenters. The first kappa shape index (κ1) is 10.2. The second-order valence-electron chi connectivity index (χ2n) is 2.98. The molecule has 2 rings (SSSR count). The lowest BCUT2D eigenvalue weighted by atomic mass is 10.1. The lowest BCUT2D eigenvalue weighted by Crippen LogP contribution is -2.09. The van der Waals surface area contributed by atoms with Crippen LogP contribution < -0.4 is 0 Å². The van der Waals surface area contributed by atoms with Gasteiger partial charge < -0.3 is 9.84 Å². The Balaban J connectivity index is 2.62. The summed E-state index contributed by atoms with van der Waals surface area (Å²) in [6, 6.07) is 4.62. The van der Waals surface area contributed by atoms with E-state index in [1.165, 1.54) is 30.4 Å². The van der Waals surface area contributed by atoms with Crippen molar-refractivity contribution in [3.63, 3.8) is 0 Å². The van der Waals surface area contributed by atoms with Crippen LogP contribution in [0.25, 0.3) is 5.69 Å². The highest BCUT2D eigenvalue weighted by molar-refractivity contribution is 5.96. The molecule has 0 aliphatic carbocycles. The van der Waals surface area contributed by atoms with Crippen molar-refractivity contribution in [3.8, 4) is 11.4 Å². The third-order valence-electron chi connectivity index (χ3n) is 2.04. The second kappa shape index (κ2) is 4.01. The van der Waals surface area contributed by atoms with Gasteiger partial charge in [0.05, 0.1) is 19.5 Å². The molecular formula is C10H9N3O3. The summed E-state index contributed by atoms with van der Waals surface area (Å²) >= 11 is 0. The zero-order chi connectivity index (χ0) is 11.5. The van der Waals surface area contributed by atoms with Gasteiger partial charge in [0.25, 0.3) is 0 Å². The highest BCUT2D eigenvalue weighted by Gasteiger charge is 2.18. The molecule has 0 amide bonds. The largest absolute Gasteiger partial charge is 0.507 e. The van der Waals surface area contributed by atoms with Crippen LogP contribution in [0.2, 0.25) is 0 Å². The lowest BCUT2D eigenvalue weighted by molar-refractivity contribution is 0.0597. The van der Waals surface area contributed by atoms with Gasteiger partial charge in [0.1, 0.15) is 17.0 Å². The van der Waals surface area contributed by atoms with E-state index in [-0.39, 0.29) is 11.3 Å². The first-order valence-corrected chi connectivity index (χ1v) is 4.51. The van der Waals surface area contributed by atoms with Crippen molar-refractivity contribution >= 4 is 5.97 Å². The Labute approximate surface area is 91.1 Å². The number of hydrogen-bond donors (Lipinski definition) is 1. The van der Waals surface area contributed by atoms with Gasteiger partial charge >= 0.3 is 5.97 Å². The Kier molecular flexibility index (Phi) is 2.55.